The molecule has 1 aliphatic heterocycles. The molecule has 0 aromatic heterocycles. The van der Waals surface area contributed by atoms with Crippen molar-refractivity contribution in [3.05, 3.63) is 53.1 Å². The summed E-state index contributed by atoms with van der Waals surface area (Å²) < 4.78 is 5.83. The zero-order valence-corrected chi connectivity index (χ0v) is 12.1. The van der Waals surface area contributed by atoms with Crippen LogP contribution in [0.15, 0.2) is 36.4 Å². The number of carbonyl (C=O) groups is 1. The first-order valence-electron chi connectivity index (χ1n) is 6.97. The number of amides is 1. The molecule has 21 heavy (non-hydrogen) atoms. The van der Waals surface area contributed by atoms with Crippen molar-refractivity contribution >= 4 is 17.3 Å². The van der Waals surface area contributed by atoms with E-state index in [9.17, 15) is 4.79 Å². The molecule has 0 aliphatic carbocycles. The van der Waals surface area contributed by atoms with Gasteiger partial charge in [0.1, 0.15) is 5.75 Å². The monoisotopic (exact) mass is 282 g/mol. The molecule has 2 aromatic carbocycles. The Kier molecular flexibility index (Phi) is 3.29. The molecule has 1 unspecified atom stereocenters. The molecular weight excluding hydrogens is 264 g/mol. The first-order valence-corrected chi connectivity index (χ1v) is 6.97. The maximum absolute atomic E-state index is 12.2. The first-order chi connectivity index (χ1) is 10.0. The average molecular weight is 282 g/mol. The fourth-order valence-corrected chi connectivity index (χ4v) is 2.54. The molecule has 4 heteroatoms. The standard InChI is InChI=1S/C17H18N2O2/c1-10-4-3-5-12(11(10)2)8-16-17(20)19-14-9-13(18)6-7-15(14)21-16/h3-7,9,16H,8,18H2,1-2H3,(H,19,20). The number of hydrogen-bond donors (Lipinski definition) is 2. The Morgan fingerprint density at radius 2 is 2.05 bits per heavy atom. The molecule has 0 radical (unpaired) electrons. The van der Waals surface area contributed by atoms with Gasteiger partial charge in [-0.25, -0.2) is 0 Å². The van der Waals surface area contributed by atoms with Gasteiger partial charge >= 0.3 is 0 Å². The van der Waals surface area contributed by atoms with Crippen molar-refractivity contribution in [3.8, 4) is 5.75 Å². The lowest BCUT2D eigenvalue weighted by atomic mass is 9.98. The Morgan fingerprint density at radius 1 is 1.24 bits per heavy atom. The summed E-state index contributed by atoms with van der Waals surface area (Å²) in [5.41, 5.74) is 10.5. The van der Waals surface area contributed by atoms with Gasteiger partial charge in [-0.05, 0) is 48.7 Å². The topological polar surface area (TPSA) is 64.3 Å². The molecule has 1 atom stereocenters. The van der Waals surface area contributed by atoms with Crippen molar-refractivity contribution in [2.24, 2.45) is 0 Å². The van der Waals surface area contributed by atoms with Crippen LogP contribution in [-0.4, -0.2) is 12.0 Å². The van der Waals surface area contributed by atoms with Crippen molar-refractivity contribution in [2.45, 2.75) is 26.4 Å². The number of rotatable bonds is 2. The highest BCUT2D eigenvalue weighted by Gasteiger charge is 2.28. The van der Waals surface area contributed by atoms with Crippen LogP contribution < -0.4 is 15.8 Å². The molecule has 3 rings (SSSR count). The number of fused-ring (bicyclic) bond motifs is 1. The fourth-order valence-electron chi connectivity index (χ4n) is 2.54. The average Bonchev–Trinajstić information content (AvgIpc) is 2.45. The van der Waals surface area contributed by atoms with E-state index < -0.39 is 6.10 Å². The van der Waals surface area contributed by atoms with E-state index in [1.165, 1.54) is 11.1 Å². The lowest BCUT2D eigenvalue weighted by Gasteiger charge is -2.26. The highest BCUT2D eigenvalue weighted by Crippen LogP contribution is 2.32. The molecular formula is C17H18N2O2. The quantitative estimate of drug-likeness (QED) is 0.832. The number of benzene rings is 2. The summed E-state index contributed by atoms with van der Waals surface area (Å²) >= 11 is 0. The number of hydrogen-bond acceptors (Lipinski definition) is 3. The molecule has 0 fully saturated rings. The number of nitrogens with one attached hydrogen (secondary N) is 1. The summed E-state index contributed by atoms with van der Waals surface area (Å²) in [6.07, 6.45) is 0.0463. The van der Waals surface area contributed by atoms with Crippen LogP contribution in [0.1, 0.15) is 16.7 Å². The summed E-state index contributed by atoms with van der Waals surface area (Å²) in [5, 5.41) is 2.86. The van der Waals surface area contributed by atoms with E-state index in [1.807, 2.05) is 12.1 Å². The van der Waals surface area contributed by atoms with Crippen LogP contribution in [0.3, 0.4) is 0 Å². The van der Waals surface area contributed by atoms with Gasteiger partial charge in [0.15, 0.2) is 6.10 Å². The second-order valence-corrected chi connectivity index (χ2v) is 5.41. The number of ether oxygens (including phenoxy) is 1. The highest BCUT2D eigenvalue weighted by molar-refractivity contribution is 5.98. The predicted octanol–water partition coefficient (Wildman–Crippen LogP) is 2.83. The third-order valence-corrected chi connectivity index (χ3v) is 3.95. The Labute approximate surface area is 123 Å². The van der Waals surface area contributed by atoms with Crippen LogP contribution in [0.5, 0.6) is 5.75 Å². The molecule has 4 nitrogen and oxygen atoms in total. The van der Waals surface area contributed by atoms with E-state index in [0.29, 0.717) is 23.5 Å². The van der Waals surface area contributed by atoms with Crippen molar-refractivity contribution in [2.75, 3.05) is 11.1 Å². The van der Waals surface area contributed by atoms with Crippen LogP contribution in [0, 0.1) is 13.8 Å². The lowest BCUT2D eigenvalue weighted by molar-refractivity contribution is -0.123. The Morgan fingerprint density at radius 3 is 2.86 bits per heavy atom. The highest BCUT2D eigenvalue weighted by atomic mass is 16.5. The van der Waals surface area contributed by atoms with Gasteiger partial charge in [0.2, 0.25) is 0 Å². The smallest absolute Gasteiger partial charge is 0.265 e. The van der Waals surface area contributed by atoms with Crippen molar-refractivity contribution in [3.63, 3.8) is 0 Å². The molecule has 1 aliphatic rings. The molecule has 108 valence electrons. The number of aryl methyl sites for hydroxylation is 1. The van der Waals surface area contributed by atoms with Gasteiger partial charge in [0.25, 0.3) is 5.91 Å². The minimum atomic E-state index is -0.512. The second kappa shape index (κ2) is 5.13. The van der Waals surface area contributed by atoms with E-state index in [1.54, 1.807) is 18.2 Å². The Balaban J connectivity index is 1.86. The van der Waals surface area contributed by atoms with Crippen LogP contribution >= 0.6 is 0 Å². The van der Waals surface area contributed by atoms with Gasteiger partial charge in [0.05, 0.1) is 5.69 Å². The number of anilines is 2. The third-order valence-electron chi connectivity index (χ3n) is 3.95. The molecule has 0 bridgehead atoms. The van der Waals surface area contributed by atoms with E-state index >= 15 is 0 Å². The summed E-state index contributed by atoms with van der Waals surface area (Å²) in [7, 11) is 0. The van der Waals surface area contributed by atoms with Gasteiger partial charge < -0.3 is 15.8 Å². The zero-order chi connectivity index (χ0) is 15.0. The minimum absolute atomic E-state index is 0.131. The normalized spacial score (nSPS) is 16.9. The Hall–Kier alpha value is -2.49. The van der Waals surface area contributed by atoms with Crippen molar-refractivity contribution in [1.82, 2.24) is 0 Å². The summed E-state index contributed by atoms with van der Waals surface area (Å²) in [6.45, 7) is 4.14. The number of carbonyl (C=O) groups excluding carboxylic acids is 1. The van der Waals surface area contributed by atoms with Crippen molar-refractivity contribution < 1.29 is 9.53 Å². The molecule has 1 amide bonds. The van der Waals surface area contributed by atoms with E-state index in [0.717, 1.165) is 5.56 Å². The molecule has 0 saturated carbocycles. The van der Waals surface area contributed by atoms with Gasteiger partial charge in [0, 0.05) is 12.1 Å². The molecule has 0 spiro atoms. The van der Waals surface area contributed by atoms with Gasteiger partial charge in [-0.3, -0.25) is 4.79 Å². The molecule has 1 heterocycles. The summed E-state index contributed by atoms with van der Waals surface area (Å²) in [4.78, 5) is 12.2. The zero-order valence-electron chi connectivity index (χ0n) is 12.1. The SMILES string of the molecule is Cc1cccc(CC2Oc3ccc(N)cc3NC2=O)c1C. The van der Waals surface area contributed by atoms with Crippen molar-refractivity contribution in [1.29, 1.82) is 0 Å². The lowest BCUT2D eigenvalue weighted by Crippen LogP contribution is -2.38. The van der Waals surface area contributed by atoms with E-state index in [2.05, 4.69) is 25.2 Å². The maximum Gasteiger partial charge on any atom is 0.265 e. The largest absolute Gasteiger partial charge is 0.478 e. The number of nitrogens with two attached hydrogens (primary N) is 1. The van der Waals surface area contributed by atoms with Crippen LogP contribution in [0.4, 0.5) is 11.4 Å². The molecule has 2 aromatic rings. The third kappa shape index (κ3) is 2.57. The van der Waals surface area contributed by atoms with Gasteiger partial charge in [-0.2, -0.15) is 0 Å². The minimum Gasteiger partial charge on any atom is -0.478 e. The van der Waals surface area contributed by atoms with E-state index in [4.69, 9.17) is 10.5 Å². The maximum atomic E-state index is 12.2. The fraction of sp³-hybridized carbons (Fsp3) is 0.235. The summed E-state index contributed by atoms with van der Waals surface area (Å²) in [5.74, 6) is 0.535. The Bertz CT molecular complexity index is 710. The first kappa shape index (κ1) is 13.5. The molecule has 3 N–H and O–H groups in total. The van der Waals surface area contributed by atoms with Gasteiger partial charge in [-0.1, -0.05) is 18.2 Å². The predicted molar refractivity (Wildman–Crippen MR) is 83.5 cm³/mol. The molecule has 0 saturated heterocycles. The van der Waals surface area contributed by atoms with Crippen LogP contribution in [-0.2, 0) is 11.2 Å². The number of nitrogen functional groups attached to an aromatic ring is 1. The van der Waals surface area contributed by atoms with E-state index in [-0.39, 0.29) is 5.91 Å². The van der Waals surface area contributed by atoms with Crippen LogP contribution in [0.2, 0.25) is 0 Å². The van der Waals surface area contributed by atoms with Gasteiger partial charge in [-0.15, -0.1) is 0 Å². The second-order valence-electron chi connectivity index (χ2n) is 5.41. The van der Waals surface area contributed by atoms with Crippen LogP contribution in [0.25, 0.3) is 0 Å². The summed E-state index contributed by atoms with van der Waals surface area (Å²) in [6, 6.07) is 11.4.